The standard InChI is InChI=1S/C16H11F3N2O2/c17-16(18,19)11-5-3-4-10(8-11)9-23-15(22)14-12-6-1-2-7-13(12)20-21-14/h1-8H,9H2,(H,20,21). The molecule has 1 N–H and O–H groups in total. The Hall–Kier alpha value is -2.83. The molecular formula is C16H11F3N2O2. The van der Waals surface area contributed by atoms with Gasteiger partial charge in [0.1, 0.15) is 6.61 Å². The van der Waals surface area contributed by atoms with Crippen LogP contribution in [-0.2, 0) is 17.5 Å². The van der Waals surface area contributed by atoms with E-state index in [1.54, 1.807) is 24.3 Å². The lowest BCUT2D eigenvalue weighted by atomic mass is 10.1. The number of rotatable bonds is 3. The van der Waals surface area contributed by atoms with Crippen molar-refractivity contribution < 1.29 is 22.7 Å². The Morgan fingerprint density at radius 2 is 1.91 bits per heavy atom. The molecule has 0 saturated carbocycles. The lowest BCUT2D eigenvalue weighted by Gasteiger charge is -2.09. The lowest BCUT2D eigenvalue weighted by Crippen LogP contribution is -2.08. The second-order valence-corrected chi connectivity index (χ2v) is 4.89. The Balaban J connectivity index is 1.75. The largest absolute Gasteiger partial charge is 0.456 e. The van der Waals surface area contributed by atoms with Gasteiger partial charge >= 0.3 is 12.1 Å². The van der Waals surface area contributed by atoms with Crippen LogP contribution in [0.2, 0.25) is 0 Å². The molecule has 0 aliphatic rings. The minimum absolute atomic E-state index is 0.104. The number of H-pyrrole nitrogens is 1. The maximum atomic E-state index is 12.6. The lowest BCUT2D eigenvalue weighted by molar-refractivity contribution is -0.137. The number of benzene rings is 2. The van der Waals surface area contributed by atoms with Gasteiger partial charge in [-0.1, -0.05) is 30.3 Å². The number of nitrogens with one attached hydrogen (secondary N) is 1. The fourth-order valence-corrected chi connectivity index (χ4v) is 2.17. The van der Waals surface area contributed by atoms with E-state index in [9.17, 15) is 18.0 Å². The first-order valence-corrected chi connectivity index (χ1v) is 6.71. The predicted molar refractivity (Wildman–Crippen MR) is 76.7 cm³/mol. The van der Waals surface area contributed by atoms with Crippen molar-refractivity contribution in [3.63, 3.8) is 0 Å². The molecule has 0 aliphatic carbocycles. The van der Waals surface area contributed by atoms with Gasteiger partial charge in [-0.15, -0.1) is 0 Å². The average Bonchev–Trinajstić information content (AvgIpc) is 2.96. The van der Waals surface area contributed by atoms with Crippen LogP contribution >= 0.6 is 0 Å². The molecule has 0 amide bonds. The van der Waals surface area contributed by atoms with E-state index in [4.69, 9.17) is 4.74 Å². The number of aromatic nitrogens is 2. The maximum absolute atomic E-state index is 12.6. The van der Waals surface area contributed by atoms with Crippen molar-refractivity contribution in [2.45, 2.75) is 12.8 Å². The van der Waals surface area contributed by atoms with Crippen LogP contribution in [0.1, 0.15) is 21.6 Å². The van der Waals surface area contributed by atoms with E-state index in [1.807, 2.05) is 0 Å². The van der Waals surface area contributed by atoms with Crippen LogP contribution in [0.3, 0.4) is 0 Å². The number of carbonyl (C=O) groups excluding carboxylic acids is 1. The zero-order valence-electron chi connectivity index (χ0n) is 11.7. The van der Waals surface area contributed by atoms with E-state index in [0.717, 1.165) is 12.1 Å². The first-order valence-electron chi connectivity index (χ1n) is 6.71. The van der Waals surface area contributed by atoms with Gasteiger partial charge in [-0.05, 0) is 23.8 Å². The Labute approximate surface area is 128 Å². The Morgan fingerprint density at radius 1 is 1.13 bits per heavy atom. The molecule has 0 radical (unpaired) electrons. The highest BCUT2D eigenvalue weighted by atomic mass is 19.4. The van der Waals surface area contributed by atoms with Crippen molar-refractivity contribution in [3.05, 3.63) is 65.4 Å². The zero-order chi connectivity index (χ0) is 16.4. The van der Waals surface area contributed by atoms with Crippen molar-refractivity contribution in [2.75, 3.05) is 0 Å². The van der Waals surface area contributed by atoms with Crippen LogP contribution in [0.25, 0.3) is 10.9 Å². The predicted octanol–water partition coefficient (Wildman–Crippen LogP) is 3.94. The number of ether oxygens (including phenoxy) is 1. The van der Waals surface area contributed by atoms with Gasteiger partial charge in [-0.2, -0.15) is 18.3 Å². The first-order chi connectivity index (χ1) is 10.9. The summed E-state index contributed by atoms with van der Waals surface area (Å²) in [6.07, 6.45) is -4.43. The SMILES string of the molecule is O=C(OCc1cccc(C(F)(F)F)c1)c1n[nH]c2ccccc12. The van der Waals surface area contributed by atoms with Gasteiger partial charge < -0.3 is 4.74 Å². The Kier molecular flexibility index (Phi) is 3.77. The van der Waals surface area contributed by atoms with Gasteiger partial charge in [0.25, 0.3) is 0 Å². The second kappa shape index (κ2) is 5.75. The molecule has 0 atom stereocenters. The van der Waals surface area contributed by atoms with Gasteiger partial charge in [-0.3, -0.25) is 5.10 Å². The molecule has 0 spiro atoms. The summed E-state index contributed by atoms with van der Waals surface area (Å²) in [5.74, 6) is -0.695. The fraction of sp³-hybridized carbons (Fsp3) is 0.125. The highest BCUT2D eigenvalue weighted by Gasteiger charge is 2.30. The molecular weight excluding hydrogens is 309 g/mol. The van der Waals surface area contributed by atoms with Crippen molar-refractivity contribution in [1.29, 1.82) is 0 Å². The van der Waals surface area contributed by atoms with Crippen molar-refractivity contribution in [1.82, 2.24) is 10.2 Å². The topological polar surface area (TPSA) is 55.0 Å². The first kappa shape index (κ1) is 15.1. The van der Waals surface area contributed by atoms with E-state index < -0.39 is 17.7 Å². The number of para-hydroxylation sites is 1. The van der Waals surface area contributed by atoms with E-state index >= 15 is 0 Å². The number of hydrogen-bond acceptors (Lipinski definition) is 3. The smallest absolute Gasteiger partial charge is 0.416 e. The number of alkyl halides is 3. The van der Waals surface area contributed by atoms with E-state index in [2.05, 4.69) is 10.2 Å². The zero-order valence-corrected chi connectivity index (χ0v) is 11.7. The van der Waals surface area contributed by atoms with E-state index in [-0.39, 0.29) is 17.9 Å². The minimum Gasteiger partial charge on any atom is -0.456 e. The summed E-state index contributed by atoms with van der Waals surface area (Å²) in [5, 5.41) is 7.18. The number of esters is 1. The summed E-state index contributed by atoms with van der Waals surface area (Å²) < 4.78 is 43.0. The number of aromatic amines is 1. The summed E-state index contributed by atoms with van der Waals surface area (Å²) in [4.78, 5) is 12.0. The van der Waals surface area contributed by atoms with Gasteiger partial charge in [0.05, 0.1) is 11.1 Å². The van der Waals surface area contributed by atoms with Crippen LogP contribution in [0.5, 0.6) is 0 Å². The Morgan fingerprint density at radius 3 is 2.70 bits per heavy atom. The normalized spacial score (nSPS) is 11.6. The van der Waals surface area contributed by atoms with Crippen molar-refractivity contribution >= 4 is 16.9 Å². The number of fused-ring (bicyclic) bond motifs is 1. The fourth-order valence-electron chi connectivity index (χ4n) is 2.17. The van der Waals surface area contributed by atoms with Crippen molar-refractivity contribution in [2.24, 2.45) is 0 Å². The number of nitrogens with zero attached hydrogens (tertiary/aromatic N) is 1. The summed E-state index contributed by atoms with van der Waals surface area (Å²) in [6.45, 7) is -0.260. The van der Waals surface area contributed by atoms with E-state index in [1.165, 1.54) is 12.1 Å². The van der Waals surface area contributed by atoms with Crippen LogP contribution in [0.4, 0.5) is 13.2 Å². The summed E-state index contributed by atoms with van der Waals surface area (Å²) in [7, 11) is 0. The highest BCUT2D eigenvalue weighted by molar-refractivity contribution is 6.01. The molecule has 0 bridgehead atoms. The van der Waals surface area contributed by atoms with Gasteiger partial charge in [0.2, 0.25) is 0 Å². The molecule has 3 rings (SSSR count). The summed E-state index contributed by atoms with van der Waals surface area (Å²) >= 11 is 0. The highest BCUT2D eigenvalue weighted by Crippen LogP contribution is 2.29. The maximum Gasteiger partial charge on any atom is 0.416 e. The third-order valence-electron chi connectivity index (χ3n) is 3.29. The molecule has 0 unspecified atom stereocenters. The average molecular weight is 320 g/mol. The monoisotopic (exact) mass is 320 g/mol. The number of hydrogen-bond donors (Lipinski definition) is 1. The number of halogens is 3. The third-order valence-corrected chi connectivity index (χ3v) is 3.29. The molecule has 2 aromatic carbocycles. The molecule has 1 heterocycles. The molecule has 0 fully saturated rings. The summed E-state index contributed by atoms with van der Waals surface area (Å²) in [6, 6.07) is 11.7. The molecule has 4 nitrogen and oxygen atoms in total. The molecule has 118 valence electrons. The molecule has 1 aromatic heterocycles. The molecule has 3 aromatic rings. The molecule has 0 saturated heterocycles. The molecule has 0 aliphatic heterocycles. The van der Waals surface area contributed by atoms with Gasteiger partial charge in [-0.25, -0.2) is 4.79 Å². The quantitative estimate of drug-likeness (QED) is 0.744. The van der Waals surface area contributed by atoms with Crippen LogP contribution < -0.4 is 0 Å². The van der Waals surface area contributed by atoms with Crippen LogP contribution in [-0.4, -0.2) is 16.2 Å². The van der Waals surface area contributed by atoms with E-state index in [0.29, 0.717) is 10.9 Å². The molecule has 7 heteroatoms. The Bertz CT molecular complexity index is 856. The third kappa shape index (κ3) is 3.18. The number of carbonyl (C=O) groups is 1. The molecule has 23 heavy (non-hydrogen) atoms. The van der Waals surface area contributed by atoms with Gasteiger partial charge in [0, 0.05) is 5.39 Å². The van der Waals surface area contributed by atoms with Gasteiger partial charge in [0.15, 0.2) is 5.69 Å². The second-order valence-electron chi connectivity index (χ2n) is 4.89. The summed E-state index contributed by atoms with van der Waals surface area (Å²) in [5.41, 5.74) is 0.260. The van der Waals surface area contributed by atoms with Crippen molar-refractivity contribution in [3.8, 4) is 0 Å². The van der Waals surface area contributed by atoms with Crippen LogP contribution in [0, 0.1) is 0 Å². The van der Waals surface area contributed by atoms with Crippen LogP contribution in [0.15, 0.2) is 48.5 Å². The minimum atomic E-state index is -4.43.